The number of nitrogens with one attached hydrogen (secondary N) is 2. The first-order valence-electron chi connectivity index (χ1n) is 6.53. The summed E-state index contributed by atoms with van der Waals surface area (Å²) in [5.41, 5.74) is 0.816. The third kappa shape index (κ3) is 2.33. The highest BCUT2D eigenvalue weighted by atomic mass is 16.3. The van der Waals surface area contributed by atoms with Gasteiger partial charge in [-0.05, 0) is 26.8 Å². The van der Waals surface area contributed by atoms with Gasteiger partial charge in [-0.25, -0.2) is 4.98 Å². The maximum absolute atomic E-state index is 5.31. The molecule has 1 saturated heterocycles. The summed E-state index contributed by atoms with van der Waals surface area (Å²) in [4.78, 5) is 10.7. The Morgan fingerprint density at radius 3 is 2.84 bits per heavy atom. The number of piperidine rings is 1. The number of aromatic nitrogens is 4. The Bertz CT molecular complexity index is 540. The Kier molecular flexibility index (Phi) is 3.20. The van der Waals surface area contributed by atoms with Crippen LogP contribution in [0.25, 0.3) is 11.6 Å². The number of anilines is 1. The van der Waals surface area contributed by atoms with Gasteiger partial charge in [-0.2, -0.15) is 4.98 Å². The highest BCUT2D eigenvalue weighted by Crippen LogP contribution is 2.22. The Morgan fingerprint density at radius 2 is 2.21 bits per heavy atom. The minimum atomic E-state index is 0.603. The van der Waals surface area contributed by atoms with E-state index in [4.69, 9.17) is 4.42 Å². The van der Waals surface area contributed by atoms with Crippen molar-refractivity contribution in [3.8, 4) is 11.6 Å². The van der Waals surface area contributed by atoms with E-state index in [-0.39, 0.29) is 0 Å². The van der Waals surface area contributed by atoms with Gasteiger partial charge in [0.15, 0.2) is 18.0 Å². The number of nitrogens with zero attached hydrogens (tertiary/aromatic N) is 4. The van der Waals surface area contributed by atoms with Gasteiger partial charge in [0, 0.05) is 19.1 Å². The van der Waals surface area contributed by atoms with Gasteiger partial charge in [-0.3, -0.25) is 5.10 Å². The van der Waals surface area contributed by atoms with E-state index in [9.17, 15) is 0 Å². The van der Waals surface area contributed by atoms with E-state index in [0.29, 0.717) is 17.6 Å². The van der Waals surface area contributed by atoms with E-state index in [0.717, 1.165) is 37.6 Å². The second-order valence-corrected chi connectivity index (χ2v) is 4.80. The highest BCUT2D eigenvalue weighted by molar-refractivity contribution is 5.51. The van der Waals surface area contributed by atoms with E-state index in [1.54, 1.807) is 0 Å². The molecule has 0 aromatic carbocycles. The molecule has 2 aromatic rings. The summed E-state index contributed by atoms with van der Waals surface area (Å²) in [6.45, 7) is 3.83. The summed E-state index contributed by atoms with van der Waals surface area (Å²) in [6, 6.07) is 0.603. The molecule has 0 atom stereocenters. The van der Waals surface area contributed by atoms with Crippen LogP contribution in [-0.4, -0.2) is 46.3 Å². The van der Waals surface area contributed by atoms with Crippen LogP contribution in [0.3, 0.4) is 0 Å². The van der Waals surface area contributed by atoms with Gasteiger partial charge in [0.25, 0.3) is 0 Å². The van der Waals surface area contributed by atoms with Crippen LogP contribution in [-0.2, 0) is 0 Å². The zero-order chi connectivity index (χ0) is 13.2. The first-order valence-corrected chi connectivity index (χ1v) is 6.53. The standard InChI is InChI=1S/C12H18N6O/c1-8-10(19-7-14-8)11-15-12(17-16-11)18-5-3-9(13-2)4-6-18/h7,9,13H,3-6H2,1-2H3,(H,15,16,17). The molecule has 1 aliphatic heterocycles. The fourth-order valence-electron chi connectivity index (χ4n) is 2.39. The summed E-state index contributed by atoms with van der Waals surface area (Å²) in [6.07, 6.45) is 3.65. The molecule has 0 radical (unpaired) electrons. The Labute approximate surface area is 111 Å². The summed E-state index contributed by atoms with van der Waals surface area (Å²) < 4.78 is 5.31. The van der Waals surface area contributed by atoms with E-state index < -0.39 is 0 Å². The van der Waals surface area contributed by atoms with Crippen molar-refractivity contribution in [3.63, 3.8) is 0 Å². The molecule has 7 heteroatoms. The lowest BCUT2D eigenvalue weighted by Crippen LogP contribution is -2.41. The topological polar surface area (TPSA) is 82.9 Å². The van der Waals surface area contributed by atoms with E-state index in [2.05, 4.69) is 30.4 Å². The van der Waals surface area contributed by atoms with Crippen molar-refractivity contribution in [2.75, 3.05) is 25.0 Å². The second-order valence-electron chi connectivity index (χ2n) is 4.80. The van der Waals surface area contributed by atoms with Crippen molar-refractivity contribution in [3.05, 3.63) is 12.1 Å². The molecule has 0 aliphatic carbocycles. The minimum Gasteiger partial charge on any atom is -0.440 e. The number of aryl methyl sites for hydroxylation is 1. The SMILES string of the molecule is CNC1CCN(c2n[nH]c(-c3ocnc3C)n2)CC1. The molecular weight excluding hydrogens is 244 g/mol. The lowest BCUT2D eigenvalue weighted by molar-refractivity contribution is 0.439. The number of oxazole rings is 1. The van der Waals surface area contributed by atoms with Crippen LogP contribution in [0.5, 0.6) is 0 Å². The third-order valence-electron chi connectivity index (χ3n) is 3.62. The molecule has 3 heterocycles. The maximum atomic E-state index is 5.31. The summed E-state index contributed by atoms with van der Waals surface area (Å²) in [5.74, 6) is 2.03. The van der Waals surface area contributed by atoms with Crippen LogP contribution in [0.1, 0.15) is 18.5 Å². The molecule has 0 amide bonds. The van der Waals surface area contributed by atoms with Crippen molar-refractivity contribution >= 4 is 5.95 Å². The monoisotopic (exact) mass is 262 g/mol. The van der Waals surface area contributed by atoms with Crippen LogP contribution < -0.4 is 10.2 Å². The molecule has 3 rings (SSSR count). The van der Waals surface area contributed by atoms with Crippen molar-refractivity contribution in [1.29, 1.82) is 0 Å². The molecule has 0 spiro atoms. The number of hydrogen-bond acceptors (Lipinski definition) is 6. The average molecular weight is 262 g/mol. The molecule has 1 aliphatic rings. The van der Waals surface area contributed by atoms with Crippen LogP contribution in [0.2, 0.25) is 0 Å². The van der Waals surface area contributed by atoms with Crippen molar-refractivity contribution in [1.82, 2.24) is 25.5 Å². The van der Waals surface area contributed by atoms with Gasteiger partial charge in [0.1, 0.15) is 0 Å². The van der Waals surface area contributed by atoms with Gasteiger partial charge in [0.05, 0.1) is 5.69 Å². The zero-order valence-corrected chi connectivity index (χ0v) is 11.2. The summed E-state index contributed by atoms with van der Waals surface area (Å²) >= 11 is 0. The number of hydrogen-bond donors (Lipinski definition) is 2. The molecule has 7 nitrogen and oxygen atoms in total. The average Bonchev–Trinajstić information content (AvgIpc) is 3.07. The maximum Gasteiger partial charge on any atom is 0.245 e. The van der Waals surface area contributed by atoms with Crippen molar-refractivity contribution < 1.29 is 4.42 Å². The number of rotatable bonds is 3. The van der Waals surface area contributed by atoms with Gasteiger partial charge >= 0.3 is 0 Å². The van der Waals surface area contributed by atoms with Crippen LogP contribution in [0.4, 0.5) is 5.95 Å². The Hall–Kier alpha value is -1.89. The molecular formula is C12H18N6O. The van der Waals surface area contributed by atoms with Gasteiger partial charge < -0.3 is 14.6 Å². The fourth-order valence-corrected chi connectivity index (χ4v) is 2.39. The zero-order valence-electron chi connectivity index (χ0n) is 11.2. The minimum absolute atomic E-state index is 0.603. The number of H-pyrrole nitrogens is 1. The predicted molar refractivity (Wildman–Crippen MR) is 70.9 cm³/mol. The van der Waals surface area contributed by atoms with Crippen LogP contribution in [0, 0.1) is 6.92 Å². The van der Waals surface area contributed by atoms with Gasteiger partial charge in [-0.1, -0.05) is 0 Å². The fraction of sp³-hybridized carbons (Fsp3) is 0.583. The summed E-state index contributed by atoms with van der Waals surface area (Å²) in [5, 5.41) is 10.5. The third-order valence-corrected chi connectivity index (χ3v) is 3.62. The molecule has 2 aromatic heterocycles. The summed E-state index contributed by atoms with van der Waals surface area (Å²) in [7, 11) is 2.01. The van der Waals surface area contributed by atoms with Crippen LogP contribution in [0.15, 0.2) is 10.8 Å². The quantitative estimate of drug-likeness (QED) is 0.857. The number of aromatic amines is 1. The Morgan fingerprint density at radius 1 is 1.42 bits per heavy atom. The van der Waals surface area contributed by atoms with Crippen molar-refractivity contribution in [2.45, 2.75) is 25.8 Å². The molecule has 0 saturated carbocycles. The van der Waals surface area contributed by atoms with E-state index >= 15 is 0 Å². The lowest BCUT2D eigenvalue weighted by atomic mass is 10.1. The molecule has 1 fully saturated rings. The largest absolute Gasteiger partial charge is 0.440 e. The first kappa shape index (κ1) is 12.2. The Balaban J connectivity index is 1.74. The van der Waals surface area contributed by atoms with E-state index in [1.165, 1.54) is 6.39 Å². The van der Waals surface area contributed by atoms with Crippen molar-refractivity contribution in [2.24, 2.45) is 0 Å². The van der Waals surface area contributed by atoms with Gasteiger partial charge in [-0.15, -0.1) is 5.10 Å². The molecule has 0 bridgehead atoms. The highest BCUT2D eigenvalue weighted by Gasteiger charge is 2.21. The molecule has 2 N–H and O–H groups in total. The van der Waals surface area contributed by atoms with Crippen LogP contribution >= 0.6 is 0 Å². The second kappa shape index (κ2) is 5.00. The first-order chi connectivity index (χ1) is 9.28. The molecule has 0 unspecified atom stereocenters. The normalized spacial score (nSPS) is 17.1. The molecule has 102 valence electrons. The lowest BCUT2D eigenvalue weighted by Gasteiger charge is -2.30. The predicted octanol–water partition coefficient (Wildman–Crippen LogP) is 0.956. The van der Waals surface area contributed by atoms with Gasteiger partial charge in [0.2, 0.25) is 5.95 Å². The molecule has 19 heavy (non-hydrogen) atoms. The van der Waals surface area contributed by atoms with E-state index in [1.807, 2.05) is 14.0 Å². The smallest absolute Gasteiger partial charge is 0.245 e.